The van der Waals surface area contributed by atoms with Gasteiger partial charge < -0.3 is 0 Å². The van der Waals surface area contributed by atoms with Gasteiger partial charge in [-0.25, -0.2) is 5.01 Å². The molecule has 0 aliphatic carbocycles. The Kier molecular flexibility index (Phi) is 6.57. The van der Waals surface area contributed by atoms with E-state index in [0.717, 1.165) is 19.0 Å². The normalized spacial score (nSPS) is 11.5. The standard InChI is InChI=1S/C9H22N2/c1-4-5-7-11(10)8-6-9(2)3/h9H,4-8,10H2,1-3H3. The molecule has 0 radical (unpaired) electrons. The van der Waals surface area contributed by atoms with Crippen LogP contribution in [0.5, 0.6) is 0 Å². The van der Waals surface area contributed by atoms with Crippen LogP contribution in [0.25, 0.3) is 0 Å². The first-order chi connectivity index (χ1) is 5.16. The van der Waals surface area contributed by atoms with Crippen LogP contribution in [0.3, 0.4) is 0 Å². The smallest absolute Gasteiger partial charge is 0.0131 e. The SMILES string of the molecule is CCCCN(N)CCC(C)C. The van der Waals surface area contributed by atoms with Gasteiger partial charge in [0.1, 0.15) is 0 Å². The molecule has 0 aliphatic heterocycles. The third-order valence-electron chi connectivity index (χ3n) is 1.79. The molecule has 0 saturated carbocycles. The van der Waals surface area contributed by atoms with Crippen molar-refractivity contribution < 1.29 is 0 Å². The number of hydrogen-bond acceptors (Lipinski definition) is 2. The summed E-state index contributed by atoms with van der Waals surface area (Å²) >= 11 is 0. The van der Waals surface area contributed by atoms with Crippen LogP contribution in [0, 0.1) is 5.92 Å². The van der Waals surface area contributed by atoms with E-state index in [1.807, 2.05) is 5.01 Å². The minimum absolute atomic E-state index is 0.766. The minimum atomic E-state index is 0.766. The van der Waals surface area contributed by atoms with Crippen molar-refractivity contribution in [1.82, 2.24) is 5.01 Å². The maximum atomic E-state index is 5.74. The summed E-state index contributed by atoms with van der Waals surface area (Å²) in [5.41, 5.74) is 0. The van der Waals surface area contributed by atoms with Crippen LogP contribution in [-0.4, -0.2) is 18.1 Å². The highest BCUT2D eigenvalue weighted by molar-refractivity contribution is 4.51. The molecule has 0 aromatic rings. The maximum Gasteiger partial charge on any atom is 0.0131 e. The second kappa shape index (κ2) is 6.62. The van der Waals surface area contributed by atoms with Gasteiger partial charge in [0.25, 0.3) is 0 Å². The summed E-state index contributed by atoms with van der Waals surface area (Å²) in [6.07, 6.45) is 3.66. The first-order valence-corrected chi connectivity index (χ1v) is 4.66. The molecule has 0 fully saturated rings. The molecule has 0 unspecified atom stereocenters. The zero-order valence-electron chi connectivity index (χ0n) is 8.14. The van der Waals surface area contributed by atoms with E-state index in [0.29, 0.717) is 0 Å². The lowest BCUT2D eigenvalue weighted by molar-refractivity contribution is 0.261. The molecule has 0 aromatic carbocycles. The van der Waals surface area contributed by atoms with Gasteiger partial charge in [-0.3, -0.25) is 5.84 Å². The van der Waals surface area contributed by atoms with Crippen molar-refractivity contribution in [2.45, 2.75) is 40.0 Å². The van der Waals surface area contributed by atoms with Crippen LogP contribution >= 0.6 is 0 Å². The zero-order chi connectivity index (χ0) is 8.69. The Hall–Kier alpha value is -0.0800. The van der Waals surface area contributed by atoms with E-state index in [1.165, 1.54) is 19.3 Å². The summed E-state index contributed by atoms with van der Waals surface area (Å²) in [4.78, 5) is 0. The average Bonchev–Trinajstić information content (AvgIpc) is 1.97. The molecule has 0 amide bonds. The molecule has 2 nitrogen and oxygen atoms in total. The molecular weight excluding hydrogens is 136 g/mol. The van der Waals surface area contributed by atoms with Gasteiger partial charge in [0, 0.05) is 13.1 Å². The van der Waals surface area contributed by atoms with Gasteiger partial charge in [-0.15, -0.1) is 0 Å². The Morgan fingerprint density at radius 1 is 1.27 bits per heavy atom. The molecular formula is C9H22N2. The highest BCUT2D eigenvalue weighted by atomic mass is 15.4. The molecule has 0 saturated heterocycles. The molecule has 2 N–H and O–H groups in total. The maximum absolute atomic E-state index is 5.74. The van der Waals surface area contributed by atoms with Crippen LogP contribution < -0.4 is 5.84 Å². The molecule has 11 heavy (non-hydrogen) atoms. The minimum Gasteiger partial charge on any atom is -0.269 e. The first-order valence-electron chi connectivity index (χ1n) is 4.66. The number of nitrogens with zero attached hydrogens (tertiary/aromatic N) is 1. The summed E-state index contributed by atoms with van der Waals surface area (Å²) in [6.45, 7) is 8.73. The van der Waals surface area contributed by atoms with E-state index in [4.69, 9.17) is 5.84 Å². The fourth-order valence-corrected chi connectivity index (χ4v) is 0.897. The van der Waals surface area contributed by atoms with Crippen molar-refractivity contribution in [3.8, 4) is 0 Å². The van der Waals surface area contributed by atoms with Crippen molar-refractivity contribution in [2.24, 2.45) is 11.8 Å². The Bertz CT molecular complexity index is 81.6. The Morgan fingerprint density at radius 3 is 2.36 bits per heavy atom. The Labute approximate surface area is 70.7 Å². The Balaban J connectivity index is 3.15. The van der Waals surface area contributed by atoms with Crippen LogP contribution in [0.4, 0.5) is 0 Å². The van der Waals surface area contributed by atoms with E-state index < -0.39 is 0 Å². The highest BCUT2D eigenvalue weighted by Crippen LogP contribution is 2.00. The number of nitrogens with two attached hydrogens (primary N) is 1. The second-order valence-corrected chi connectivity index (χ2v) is 3.57. The van der Waals surface area contributed by atoms with Crippen LogP contribution in [0.15, 0.2) is 0 Å². The number of hydrazine groups is 1. The number of unbranched alkanes of at least 4 members (excludes halogenated alkanes) is 1. The van der Waals surface area contributed by atoms with Crippen molar-refractivity contribution in [2.75, 3.05) is 13.1 Å². The van der Waals surface area contributed by atoms with Crippen LogP contribution in [0.1, 0.15) is 40.0 Å². The van der Waals surface area contributed by atoms with E-state index in [2.05, 4.69) is 20.8 Å². The molecule has 0 atom stereocenters. The van der Waals surface area contributed by atoms with Gasteiger partial charge in [0.2, 0.25) is 0 Å². The number of rotatable bonds is 6. The number of hydrogen-bond donors (Lipinski definition) is 1. The predicted molar refractivity (Wildman–Crippen MR) is 50.1 cm³/mol. The van der Waals surface area contributed by atoms with Crippen LogP contribution in [-0.2, 0) is 0 Å². The van der Waals surface area contributed by atoms with Gasteiger partial charge in [-0.05, 0) is 18.8 Å². The van der Waals surface area contributed by atoms with E-state index in [-0.39, 0.29) is 0 Å². The third-order valence-corrected chi connectivity index (χ3v) is 1.79. The van der Waals surface area contributed by atoms with E-state index >= 15 is 0 Å². The molecule has 0 spiro atoms. The summed E-state index contributed by atoms with van der Waals surface area (Å²) in [7, 11) is 0. The molecule has 0 bridgehead atoms. The molecule has 0 aromatic heterocycles. The van der Waals surface area contributed by atoms with Gasteiger partial charge >= 0.3 is 0 Å². The third kappa shape index (κ3) is 7.82. The van der Waals surface area contributed by atoms with Crippen molar-refractivity contribution in [1.29, 1.82) is 0 Å². The lowest BCUT2D eigenvalue weighted by Crippen LogP contribution is -2.33. The first kappa shape index (κ1) is 10.9. The second-order valence-electron chi connectivity index (χ2n) is 3.57. The summed E-state index contributed by atoms with van der Waals surface area (Å²) in [6, 6.07) is 0. The molecule has 0 aliphatic rings. The monoisotopic (exact) mass is 158 g/mol. The molecule has 0 heterocycles. The summed E-state index contributed by atoms with van der Waals surface area (Å²) in [5.74, 6) is 6.51. The van der Waals surface area contributed by atoms with Gasteiger partial charge in [0.15, 0.2) is 0 Å². The van der Waals surface area contributed by atoms with E-state index in [9.17, 15) is 0 Å². The lowest BCUT2D eigenvalue weighted by atomic mass is 10.1. The fraction of sp³-hybridized carbons (Fsp3) is 1.00. The zero-order valence-corrected chi connectivity index (χ0v) is 8.14. The Morgan fingerprint density at radius 2 is 1.91 bits per heavy atom. The highest BCUT2D eigenvalue weighted by Gasteiger charge is 1.99. The average molecular weight is 158 g/mol. The predicted octanol–water partition coefficient (Wildman–Crippen LogP) is 2.01. The molecule has 68 valence electrons. The van der Waals surface area contributed by atoms with Gasteiger partial charge in [-0.2, -0.15) is 0 Å². The van der Waals surface area contributed by atoms with Gasteiger partial charge in [-0.1, -0.05) is 27.2 Å². The van der Waals surface area contributed by atoms with Crippen molar-refractivity contribution >= 4 is 0 Å². The molecule has 2 heteroatoms. The largest absolute Gasteiger partial charge is 0.269 e. The van der Waals surface area contributed by atoms with Crippen molar-refractivity contribution in [3.05, 3.63) is 0 Å². The quantitative estimate of drug-likeness (QED) is 0.473. The van der Waals surface area contributed by atoms with E-state index in [1.54, 1.807) is 0 Å². The lowest BCUT2D eigenvalue weighted by Gasteiger charge is -2.16. The summed E-state index contributed by atoms with van der Waals surface area (Å²) < 4.78 is 0. The topological polar surface area (TPSA) is 29.3 Å². The molecule has 0 rings (SSSR count). The van der Waals surface area contributed by atoms with Crippen molar-refractivity contribution in [3.63, 3.8) is 0 Å². The fourth-order valence-electron chi connectivity index (χ4n) is 0.897. The van der Waals surface area contributed by atoms with Gasteiger partial charge in [0.05, 0.1) is 0 Å². The van der Waals surface area contributed by atoms with Crippen LogP contribution in [0.2, 0.25) is 0 Å². The summed E-state index contributed by atoms with van der Waals surface area (Å²) in [5, 5.41) is 1.93.